The van der Waals surface area contributed by atoms with E-state index in [1.807, 2.05) is 6.92 Å². The predicted molar refractivity (Wildman–Crippen MR) is 55.4 cm³/mol. The van der Waals surface area contributed by atoms with Crippen molar-refractivity contribution in [2.24, 2.45) is 0 Å². The Kier molecular flexibility index (Phi) is 2.67. The van der Waals surface area contributed by atoms with Crippen LogP contribution in [-0.4, -0.2) is 21.6 Å². The molecule has 1 aliphatic carbocycles. The van der Waals surface area contributed by atoms with Crippen molar-refractivity contribution in [2.75, 3.05) is 11.9 Å². The molecule has 3 nitrogen and oxygen atoms in total. The maximum absolute atomic E-state index is 13.5. The van der Waals surface area contributed by atoms with Crippen molar-refractivity contribution >= 4 is 16.7 Å². The van der Waals surface area contributed by atoms with E-state index in [9.17, 15) is 4.39 Å². The van der Waals surface area contributed by atoms with Gasteiger partial charge in [-0.25, -0.2) is 9.37 Å². The van der Waals surface area contributed by atoms with Crippen molar-refractivity contribution in [1.29, 1.82) is 0 Å². The molecular weight excluding hydrogens is 201 g/mol. The van der Waals surface area contributed by atoms with E-state index < -0.39 is 5.67 Å². The smallest absolute Gasteiger partial charge is 0.202 e. The van der Waals surface area contributed by atoms with Gasteiger partial charge in [0.05, 0.1) is 0 Å². The summed E-state index contributed by atoms with van der Waals surface area (Å²) in [5.41, 5.74) is -0.896. The highest BCUT2D eigenvalue weighted by Gasteiger charge is 2.36. The molecule has 0 saturated heterocycles. The van der Waals surface area contributed by atoms with Gasteiger partial charge in [-0.3, -0.25) is 0 Å². The van der Waals surface area contributed by atoms with Crippen molar-refractivity contribution in [3.05, 3.63) is 5.82 Å². The maximum Gasteiger partial charge on any atom is 0.202 e. The van der Waals surface area contributed by atoms with Gasteiger partial charge in [0.1, 0.15) is 11.5 Å². The second kappa shape index (κ2) is 3.81. The number of aromatic nitrogens is 2. The van der Waals surface area contributed by atoms with E-state index in [2.05, 4.69) is 14.7 Å². The fourth-order valence-electron chi connectivity index (χ4n) is 1.57. The van der Waals surface area contributed by atoms with Crippen LogP contribution in [0.1, 0.15) is 31.5 Å². The highest BCUT2D eigenvalue weighted by atomic mass is 32.1. The fourth-order valence-corrected chi connectivity index (χ4v) is 2.17. The number of alkyl halides is 1. The van der Waals surface area contributed by atoms with Gasteiger partial charge in [0.2, 0.25) is 5.13 Å². The summed E-state index contributed by atoms with van der Waals surface area (Å²) in [6.45, 7) is 2.51. The van der Waals surface area contributed by atoms with E-state index in [0.717, 1.165) is 30.2 Å². The summed E-state index contributed by atoms with van der Waals surface area (Å²) in [6.07, 6.45) is 3.08. The molecule has 0 amide bonds. The van der Waals surface area contributed by atoms with Crippen LogP contribution in [0.25, 0.3) is 0 Å². The minimum absolute atomic E-state index is 0.589. The SMILES string of the molecule is Cc1nsc(NCCC2(F)CCC2)n1. The first-order valence-electron chi connectivity index (χ1n) is 4.91. The quantitative estimate of drug-likeness (QED) is 0.838. The van der Waals surface area contributed by atoms with Gasteiger partial charge in [0.15, 0.2) is 0 Å². The molecule has 1 N–H and O–H groups in total. The molecule has 1 fully saturated rings. The zero-order valence-corrected chi connectivity index (χ0v) is 9.03. The first-order chi connectivity index (χ1) is 6.68. The second-order valence-corrected chi connectivity index (χ2v) is 4.58. The highest BCUT2D eigenvalue weighted by Crippen LogP contribution is 2.38. The van der Waals surface area contributed by atoms with E-state index >= 15 is 0 Å². The molecule has 0 aliphatic heterocycles. The standard InChI is InChI=1S/C9H14FN3S/c1-7-12-8(14-13-7)11-6-5-9(10)3-2-4-9/h2-6H2,1H3,(H,11,12,13). The van der Waals surface area contributed by atoms with E-state index in [4.69, 9.17) is 0 Å². The topological polar surface area (TPSA) is 37.8 Å². The summed E-state index contributed by atoms with van der Waals surface area (Å²) in [7, 11) is 0. The van der Waals surface area contributed by atoms with Crippen LogP contribution < -0.4 is 5.32 Å². The van der Waals surface area contributed by atoms with Crippen LogP contribution in [0.5, 0.6) is 0 Å². The third-order valence-corrected chi connectivity index (χ3v) is 3.39. The van der Waals surface area contributed by atoms with Gasteiger partial charge in [-0.1, -0.05) is 0 Å². The molecule has 0 unspecified atom stereocenters. The number of nitrogens with zero attached hydrogens (tertiary/aromatic N) is 2. The first kappa shape index (κ1) is 9.83. The number of hydrogen-bond acceptors (Lipinski definition) is 4. The fraction of sp³-hybridized carbons (Fsp3) is 0.778. The molecule has 0 aromatic carbocycles. The first-order valence-corrected chi connectivity index (χ1v) is 5.68. The number of aryl methyl sites for hydroxylation is 1. The molecule has 1 aliphatic rings. The molecule has 14 heavy (non-hydrogen) atoms. The van der Waals surface area contributed by atoms with Gasteiger partial charge in [-0.15, -0.1) is 0 Å². The highest BCUT2D eigenvalue weighted by molar-refractivity contribution is 7.09. The number of rotatable bonds is 4. The lowest BCUT2D eigenvalue weighted by Gasteiger charge is -2.33. The lowest BCUT2D eigenvalue weighted by molar-refractivity contribution is 0.0578. The molecule has 0 spiro atoms. The Morgan fingerprint density at radius 3 is 2.86 bits per heavy atom. The van der Waals surface area contributed by atoms with Gasteiger partial charge in [0.25, 0.3) is 0 Å². The van der Waals surface area contributed by atoms with Gasteiger partial charge >= 0.3 is 0 Å². The summed E-state index contributed by atoms with van der Waals surface area (Å²) in [6, 6.07) is 0. The molecule has 0 bridgehead atoms. The molecule has 1 aromatic rings. The molecule has 0 radical (unpaired) electrons. The average molecular weight is 215 g/mol. The lowest BCUT2D eigenvalue weighted by atomic mass is 9.80. The third kappa shape index (κ3) is 2.20. The predicted octanol–water partition coefficient (Wildman–Crippen LogP) is 2.54. The largest absolute Gasteiger partial charge is 0.360 e. The summed E-state index contributed by atoms with van der Waals surface area (Å²) in [5.74, 6) is 0.774. The van der Waals surface area contributed by atoms with E-state index in [-0.39, 0.29) is 0 Å². The Hall–Kier alpha value is -0.710. The van der Waals surface area contributed by atoms with Crippen LogP contribution in [0, 0.1) is 6.92 Å². The molecule has 1 aromatic heterocycles. The van der Waals surface area contributed by atoms with Crippen molar-refractivity contribution in [3.8, 4) is 0 Å². The lowest BCUT2D eigenvalue weighted by Crippen LogP contribution is -2.33. The summed E-state index contributed by atoms with van der Waals surface area (Å²) < 4.78 is 17.6. The number of halogens is 1. The second-order valence-electron chi connectivity index (χ2n) is 3.83. The Labute approximate surface area is 86.9 Å². The van der Waals surface area contributed by atoms with Crippen LogP contribution >= 0.6 is 11.5 Å². The number of hydrogen-bond donors (Lipinski definition) is 1. The number of nitrogens with one attached hydrogen (secondary N) is 1. The molecule has 5 heteroatoms. The number of anilines is 1. The van der Waals surface area contributed by atoms with E-state index in [0.29, 0.717) is 13.0 Å². The van der Waals surface area contributed by atoms with E-state index in [1.165, 1.54) is 11.5 Å². The molecular formula is C9H14FN3S. The third-order valence-electron chi connectivity index (χ3n) is 2.63. The van der Waals surface area contributed by atoms with Crippen LogP contribution in [0.2, 0.25) is 0 Å². The van der Waals surface area contributed by atoms with Gasteiger partial charge in [0, 0.05) is 18.1 Å². The molecule has 1 saturated carbocycles. The normalized spacial score (nSPS) is 19.0. The Balaban J connectivity index is 1.72. The van der Waals surface area contributed by atoms with Crippen molar-refractivity contribution in [2.45, 2.75) is 38.3 Å². The summed E-state index contributed by atoms with van der Waals surface area (Å²) in [4.78, 5) is 4.15. The van der Waals surface area contributed by atoms with Crippen LogP contribution in [0.3, 0.4) is 0 Å². The summed E-state index contributed by atoms with van der Waals surface area (Å²) >= 11 is 1.33. The van der Waals surface area contributed by atoms with Gasteiger partial charge in [-0.2, -0.15) is 4.37 Å². The molecule has 78 valence electrons. The van der Waals surface area contributed by atoms with Crippen molar-refractivity contribution < 1.29 is 4.39 Å². The Morgan fingerprint density at radius 2 is 2.36 bits per heavy atom. The summed E-state index contributed by atoms with van der Waals surface area (Å²) in [5, 5.41) is 3.89. The average Bonchev–Trinajstić information content (AvgIpc) is 2.49. The maximum atomic E-state index is 13.5. The minimum Gasteiger partial charge on any atom is -0.360 e. The van der Waals surface area contributed by atoms with Gasteiger partial charge < -0.3 is 5.32 Å². The minimum atomic E-state index is -0.896. The monoisotopic (exact) mass is 215 g/mol. The zero-order chi connectivity index (χ0) is 10.0. The van der Waals surface area contributed by atoms with Crippen molar-refractivity contribution in [1.82, 2.24) is 9.36 Å². The zero-order valence-electron chi connectivity index (χ0n) is 8.22. The van der Waals surface area contributed by atoms with E-state index in [1.54, 1.807) is 0 Å². The molecule has 2 rings (SSSR count). The van der Waals surface area contributed by atoms with Crippen LogP contribution in [0.15, 0.2) is 0 Å². The Bertz CT molecular complexity index is 309. The van der Waals surface area contributed by atoms with Crippen LogP contribution in [-0.2, 0) is 0 Å². The van der Waals surface area contributed by atoms with Crippen molar-refractivity contribution in [3.63, 3.8) is 0 Å². The molecule has 0 atom stereocenters. The van der Waals surface area contributed by atoms with Gasteiger partial charge in [-0.05, 0) is 32.6 Å². The van der Waals surface area contributed by atoms with Crippen LogP contribution in [0.4, 0.5) is 9.52 Å². The Morgan fingerprint density at radius 1 is 1.57 bits per heavy atom. The molecule has 1 heterocycles.